The van der Waals surface area contributed by atoms with Crippen LogP contribution >= 0.6 is 0 Å². The number of nitrogens with one attached hydrogen (secondary N) is 1. The van der Waals surface area contributed by atoms with Crippen LogP contribution in [0.1, 0.15) is 78.6 Å². The van der Waals surface area contributed by atoms with E-state index in [0.717, 1.165) is 71.1 Å². The fourth-order valence-corrected chi connectivity index (χ4v) is 6.33. The molecule has 0 unspecified atom stereocenters. The van der Waals surface area contributed by atoms with Crippen LogP contribution in [-0.4, -0.2) is 82.8 Å². The molecule has 3 amide bonds. The van der Waals surface area contributed by atoms with Crippen molar-refractivity contribution in [3.63, 3.8) is 0 Å². The lowest BCUT2D eigenvalue weighted by Crippen LogP contribution is -2.60. The minimum Gasteiger partial charge on any atom is -0.447 e. The molecule has 0 aromatic rings. The molecule has 0 aromatic heterocycles. The molecule has 4 fully saturated rings. The van der Waals surface area contributed by atoms with Crippen LogP contribution in [0.3, 0.4) is 0 Å². The first-order chi connectivity index (χ1) is 14.4. The summed E-state index contributed by atoms with van der Waals surface area (Å²) in [5, 5.41) is 3.25. The van der Waals surface area contributed by atoms with Crippen LogP contribution in [0.15, 0.2) is 0 Å². The minimum atomic E-state index is -0.171. The van der Waals surface area contributed by atoms with Gasteiger partial charge in [-0.3, -0.25) is 4.90 Å². The first kappa shape index (κ1) is 21.7. The highest BCUT2D eigenvalue weighted by Crippen LogP contribution is 2.37. The maximum absolute atomic E-state index is 12.7. The van der Waals surface area contributed by atoms with Gasteiger partial charge in [0.2, 0.25) is 0 Å². The van der Waals surface area contributed by atoms with E-state index in [1.165, 1.54) is 12.8 Å². The number of amides is 3. The highest BCUT2D eigenvalue weighted by molar-refractivity contribution is 5.78. The van der Waals surface area contributed by atoms with Crippen LogP contribution in [0.4, 0.5) is 9.59 Å². The van der Waals surface area contributed by atoms with Crippen molar-refractivity contribution in [1.82, 2.24) is 20.0 Å². The lowest BCUT2D eigenvalue weighted by atomic mass is 9.81. The van der Waals surface area contributed by atoms with Crippen molar-refractivity contribution in [2.45, 2.75) is 108 Å². The highest BCUT2D eigenvalue weighted by atomic mass is 16.6. The fourth-order valence-electron chi connectivity index (χ4n) is 6.33. The second-order valence-electron chi connectivity index (χ2n) is 10.0. The average molecular weight is 421 g/mol. The number of ether oxygens (including phenoxy) is 1. The Kier molecular flexibility index (Phi) is 6.47. The summed E-state index contributed by atoms with van der Waals surface area (Å²) < 4.78 is 5.39. The summed E-state index contributed by atoms with van der Waals surface area (Å²) in [4.78, 5) is 31.7. The van der Waals surface area contributed by atoms with E-state index in [0.29, 0.717) is 18.1 Å². The van der Waals surface area contributed by atoms with Gasteiger partial charge in [0.05, 0.1) is 18.2 Å². The molecular weight excluding hydrogens is 380 g/mol. The zero-order chi connectivity index (χ0) is 21.3. The smallest absolute Gasteiger partial charge is 0.410 e. The summed E-state index contributed by atoms with van der Waals surface area (Å²) in [6.07, 6.45) is 9.82. The van der Waals surface area contributed by atoms with Crippen LogP contribution in [0, 0.1) is 0 Å². The highest BCUT2D eigenvalue weighted by Gasteiger charge is 2.46. The molecule has 3 heterocycles. The summed E-state index contributed by atoms with van der Waals surface area (Å²) in [7, 11) is 0. The van der Waals surface area contributed by atoms with E-state index in [9.17, 15) is 9.59 Å². The molecular formula is C23H40N4O3. The van der Waals surface area contributed by atoms with E-state index in [4.69, 9.17) is 4.74 Å². The normalized spacial score (nSPS) is 30.3. The van der Waals surface area contributed by atoms with Crippen molar-refractivity contribution in [3.05, 3.63) is 0 Å². The van der Waals surface area contributed by atoms with Gasteiger partial charge >= 0.3 is 12.1 Å². The first-order valence-corrected chi connectivity index (χ1v) is 12.2. The van der Waals surface area contributed by atoms with Gasteiger partial charge in [-0.2, -0.15) is 0 Å². The zero-order valence-electron chi connectivity index (χ0n) is 19.1. The standard InChI is InChI=1S/C23H40N4O3/c1-4-23(11-15-25(16-12-23)22(29)30-17(2)3)26-13-9-18(10-14-26)27-20-8-6-5-7-19(20)24-21(27)28/h17-20H,4-16H2,1-3H3,(H,24,28)/t19-,20-/m0/s1. The molecule has 1 saturated carbocycles. The summed E-state index contributed by atoms with van der Waals surface area (Å²) >= 11 is 0. The van der Waals surface area contributed by atoms with Gasteiger partial charge in [0.15, 0.2) is 0 Å². The van der Waals surface area contributed by atoms with Crippen molar-refractivity contribution < 1.29 is 14.3 Å². The summed E-state index contributed by atoms with van der Waals surface area (Å²) in [6, 6.07) is 1.34. The molecule has 3 saturated heterocycles. The number of fused-ring (bicyclic) bond motifs is 1. The third-order valence-corrected chi connectivity index (χ3v) is 8.11. The largest absolute Gasteiger partial charge is 0.447 e. The maximum atomic E-state index is 12.7. The zero-order valence-corrected chi connectivity index (χ0v) is 19.1. The molecule has 4 aliphatic rings. The molecule has 0 bridgehead atoms. The quantitative estimate of drug-likeness (QED) is 0.755. The van der Waals surface area contributed by atoms with Gasteiger partial charge in [0.1, 0.15) is 0 Å². The average Bonchev–Trinajstić information content (AvgIpc) is 3.09. The van der Waals surface area contributed by atoms with Gasteiger partial charge in [0, 0.05) is 37.8 Å². The summed E-state index contributed by atoms with van der Waals surface area (Å²) in [5.41, 5.74) is 0.181. The Balaban J connectivity index is 1.33. The SMILES string of the molecule is CCC1(N2CCC(N3C(=O)N[C@H]4CCCC[C@@H]43)CC2)CCN(C(=O)OC(C)C)CC1. The monoisotopic (exact) mass is 420 g/mol. The molecule has 4 rings (SSSR count). The Morgan fingerprint density at radius 3 is 2.40 bits per heavy atom. The van der Waals surface area contributed by atoms with Crippen LogP contribution in [0.5, 0.6) is 0 Å². The van der Waals surface area contributed by atoms with E-state index in [-0.39, 0.29) is 23.8 Å². The lowest BCUT2D eigenvalue weighted by Gasteiger charge is -2.51. The second kappa shape index (κ2) is 8.93. The van der Waals surface area contributed by atoms with Crippen molar-refractivity contribution in [2.24, 2.45) is 0 Å². The third kappa shape index (κ3) is 4.14. The fraction of sp³-hybridized carbons (Fsp3) is 0.913. The molecule has 7 heteroatoms. The number of rotatable bonds is 4. The van der Waals surface area contributed by atoms with E-state index in [1.54, 1.807) is 0 Å². The van der Waals surface area contributed by atoms with E-state index in [2.05, 4.69) is 22.0 Å². The Labute approximate surface area is 181 Å². The van der Waals surface area contributed by atoms with Crippen molar-refractivity contribution in [2.75, 3.05) is 26.2 Å². The van der Waals surface area contributed by atoms with Gasteiger partial charge in [-0.1, -0.05) is 19.8 Å². The topological polar surface area (TPSA) is 65.1 Å². The van der Waals surface area contributed by atoms with Gasteiger partial charge in [0.25, 0.3) is 0 Å². The van der Waals surface area contributed by atoms with Crippen LogP contribution in [0.2, 0.25) is 0 Å². The van der Waals surface area contributed by atoms with Gasteiger partial charge in [-0.15, -0.1) is 0 Å². The molecule has 30 heavy (non-hydrogen) atoms. The molecule has 1 N–H and O–H groups in total. The molecule has 0 aromatic carbocycles. The number of hydrogen-bond donors (Lipinski definition) is 1. The Morgan fingerprint density at radius 2 is 1.77 bits per heavy atom. The minimum absolute atomic E-state index is 0.0686. The van der Waals surface area contributed by atoms with E-state index < -0.39 is 0 Å². The number of nitrogens with zero attached hydrogens (tertiary/aromatic N) is 3. The van der Waals surface area contributed by atoms with E-state index >= 15 is 0 Å². The van der Waals surface area contributed by atoms with Crippen LogP contribution < -0.4 is 5.32 Å². The van der Waals surface area contributed by atoms with Gasteiger partial charge < -0.3 is 19.9 Å². The van der Waals surface area contributed by atoms with Crippen molar-refractivity contribution >= 4 is 12.1 Å². The Bertz CT molecular complexity index is 624. The van der Waals surface area contributed by atoms with Gasteiger partial charge in [-0.05, 0) is 58.8 Å². The molecule has 0 radical (unpaired) electrons. The number of carbonyl (C=O) groups is 2. The second-order valence-corrected chi connectivity index (χ2v) is 10.0. The predicted molar refractivity (Wildman–Crippen MR) is 116 cm³/mol. The molecule has 7 nitrogen and oxygen atoms in total. The van der Waals surface area contributed by atoms with Crippen molar-refractivity contribution in [3.8, 4) is 0 Å². The first-order valence-electron chi connectivity index (χ1n) is 12.2. The number of carbonyl (C=O) groups excluding carboxylic acids is 2. The number of hydrogen-bond acceptors (Lipinski definition) is 4. The van der Waals surface area contributed by atoms with Crippen LogP contribution in [-0.2, 0) is 4.74 Å². The molecule has 2 atom stereocenters. The number of urea groups is 1. The Hall–Kier alpha value is -1.50. The maximum Gasteiger partial charge on any atom is 0.410 e. The summed E-state index contributed by atoms with van der Waals surface area (Å²) in [6.45, 7) is 9.74. The number of likely N-dealkylation sites (tertiary alicyclic amines) is 2. The number of piperidine rings is 2. The summed E-state index contributed by atoms with van der Waals surface area (Å²) in [5.74, 6) is 0. The molecule has 0 spiro atoms. The molecule has 170 valence electrons. The van der Waals surface area contributed by atoms with Crippen molar-refractivity contribution in [1.29, 1.82) is 0 Å². The predicted octanol–water partition coefficient (Wildman–Crippen LogP) is 3.58. The lowest BCUT2D eigenvalue weighted by molar-refractivity contribution is -0.0140. The molecule has 1 aliphatic carbocycles. The van der Waals surface area contributed by atoms with E-state index in [1.807, 2.05) is 18.7 Å². The molecule has 3 aliphatic heterocycles. The van der Waals surface area contributed by atoms with Gasteiger partial charge in [-0.25, -0.2) is 9.59 Å². The third-order valence-electron chi connectivity index (χ3n) is 8.11. The van der Waals surface area contributed by atoms with Crippen LogP contribution in [0.25, 0.3) is 0 Å². The Morgan fingerprint density at radius 1 is 1.10 bits per heavy atom.